The van der Waals surface area contributed by atoms with Crippen molar-refractivity contribution in [1.82, 2.24) is 15.2 Å². The molecule has 0 unspecified atom stereocenters. The summed E-state index contributed by atoms with van der Waals surface area (Å²) in [5.41, 5.74) is 2.55. The lowest BCUT2D eigenvalue weighted by atomic mass is 10.2. The van der Waals surface area contributed by atoms with Gasteiger partial charge in [-0.05, 0) is 39.0 Å². The largest absolute Gasteiger partial charge is 0.462 e. The van der Waals surface area contributed by atoms with Gasteiger partial charge in [0, 0.05) is 30.0 Å². The lowest BCUT2D eigenvalue weighted by Gasteiger charge is -2.11. The van der Waals surface area contributed by atoms with Crippen LogP contribution >= 0.6 is 0 Å². The molecule has 0 aliphatic heterocycles. The van der Waals surface area contributed by atoms with Crippen LogP contribution < -0.4 is 10.6 Å². The number of nitrogens with one attached hydrogen (secondary N) is 2. The lowest BCUT2D eigenvalue weighted by Crippen LogP contribution is -2.36. The van der Waals surface area contributed by atoms with Crippen LogP contribution in [0.15, 0.2) is 36.4 Å². The van der Waals surface area contributed by atoms with Gasteiger partial charge >= 0.3 is 5.97 Å². The summed E-state index contributed by atoms with van der Waals surface area (Å²) in [7, 11) is 0. The molecule has 1 heterocycles. The van der Waals surface area contributed by atoms with E-state index in [0.29, 0.717) is 36.5 Å². The number of ether oxygens (including phenoxy) is 1. The molecule has 0 atom stereocenters. The van der Waals surface area contributed by atoms with Crippen LogP contribution in [0.2, 0.25) is 0 Å². The second kappa shape index (κ2) is 9.56. The molecule has 0 fully saturated rings. The molecule has 144 valence electrons. The van der Waals surface area contributed by atoms with Crippen molar-refractivity contribution >= 4 is 17.8 Å². The Labute approximate surface area is 158 Å². The highest BCUT2D eigenvalue weighted by Gasteiger charge is 2.18. The van der Waals surface area contributed by atoms with Crippen LogP contribution in [-0.4, -0.2) is 42.0 Å². The highest BCUT2D eigenvalue weighted by molar-refractivity contribution is 5.94. The van der Waals surface area contributed by atoms with E-state index in [2.05, 4.69) is 10.6 Å². The molecule has 7 nitrogen and oxygen atoms in total. The van der Waals surface area contributed by atoms with Crippen LogP contribution in [0.25, 0.3) is 0 Å². The van der Waals surface area contributed by atoms with Gasteiger partial charge in [0.05, 0.1) is 12.2 Å². The van der Waals surface area contributed by atoms with Gasteiger partial charge in [0.15, 0.2) is 0 Å². The molecular formula is C20H25N3O4. The number of nitrogens with zero attached hydrogens (tertiary/aromatic N) is 1. The summed E-state index contributed by atoms with van der Waals surface area (Å²) >= 11 is 0. The SMILES string of the molecule is CCOC(=O)c1cc(C)n(CC(=O)NCCNC(=O)c2ccccc2)c1C. The second-order valence-corrected chi connectivity index (χ2v) is 6.06. The fraction of sp³-hybridized carbons (Fsp3) is 0.350. The molecule has 2 aromatic rings. The smallest absolute Gasteiger partial charge is 0.339 e. The molecule has 2 amide bonds. The second-order valence-electron chi connectivity index (χ2n) is 6.06. The Morgan fingerprint density at radius 2 is 1.70 bits per heavy atom. The van der Waals surface area contributed by atoms with Gasteiger partial charge in [-0.25, -0.2) is 4.79 Å². The number of carbonyl (C=O) groups excluding carboxylic acids is 3. The number of hydrogen-bond acceptors (Lipinski definition) is 4. The Morgan fingerprint density at radius 1 is 1.04 bits per heavy atom. The van der Waals surface area contributed by atoms with E-state index in [9.17, 15) is 14.4 Å². The van der Waals surface area contributed by atoms with E-state index in [4.69, 9.17) is 4.74 Å². The molecule has 0 bridgehead atoms. The highest BCUT2D eigenvalue weighted by Crippen LogP contribution is 2.16. The maximum absolute atomic E-state index is 12.2. The molecule has 2 rings (SSSR count). The van der Waals surface area contributed by atoms with Crippen LogP contribution in [0.4, 0.5) is 0 Å². The Hall–Kier alpha value is -3.09. The minimum Gasteiger partial charge on any atom is -0.462 e. The van der Waals surface area contributed by atoms with Gasteiger partial charge in [0.25, 0.3) is 5.91 Å². The highest BCUT2D eigenvalue weighted by atomic mass is 16.5. The van der Waals surface area contributed by atoms with Crippen molar-refractivity contribution in [2.45, 2.75) is 27.3 Å². The number of aromatic nitrogens is 1. The van der Waals surface area contributed by atoms with Crippen molar-refractivity contribution in [1.29, 1.82) is 0 Å². The van der Waals surface area contributed by atoms with Crippen molar-refractivity contribution in [2.75, 3.05) is 19.7 Å². The number of aryl methyl sites for hydroxylation is 1. The van der Waals surface area contributed by atoms with Gasteiger partial charge in [0.1, 0.15) is 6.54 Å². The van der Waals surface area contributed by atoms with Gasteiger partial charge in [0.2, 0.25) is 5.91 Å². The predicted octanol–water partition coefficient (Wildman–Crippen LogP) is 1.83. The minimum absolute atomic E-state index is 0.101. The third-order valence-electron chi connectivity index (χ3n) is 4.14. The summed E-state index contributed by atoms with van der Waals surface area (Å²) in [6.07, 6.45) is 0. The fourth-order valence-electron chi connectivity index (χ4n) is 2.73. The van der Waals surface area contributed by atoms with E-state index in [0.717, 1.165) is 5.69 Å². The van der Waals surface area contributed by atoms with Crippen LogP contribution in [0.3, 0.4) is 0 Å². The number of amides is 2. The molecule has 0 saturated carbocycles. The van der Waals surface area contributed by atoms with Gasteiger partial charge < -0.3 is 19.9 Å². The van der Waals surface area contributed by atoms with Gasteiger partial charge in [-0.15, -0.1) is 0 Å². The standard InChI is InChI=1S/C20H25N3O4/c1-4-27-20(26)17-12-14(2)23(15(17)3)13-18(24)21-10-11-22-19(25)16-8-6-5-7-9-16/h5-9,12H,4,10-11,13H2,1-3H3,(H,21,24)(H,22,25). The average Bonchev–Trinajstić information content (AvgIpc) is 2.94. The zero-order valence-electron chi connectivity index (χ0n) is 15.9. The van der Waals surface area contributed by atoms with Crippen LogP contribution in [0, 0.1) is 13.8 Å². The molecule has 0 spiro atoms. The van der Waals surface area contributed by atoms with Crippen molar-refractivity contribution in [3.05, 3.63) is 58.9 Å². The number of hydrogen-bond donors (Lipinski definition) is 2. The molecular weight excluding hydrogens is 346 g/mol. The van der Waals surface area contributed by atoms with E-state index < -0.39 is 0 Å². The normalized spacial score (nSPS) is 10.3. The van der Waals surface area contributed by atoms with Crippen molar-refractivity contribution in [3.8, 4) is 0 Å². The molecule has 0 radical (unpaired) electrons. The summed E-state index contributed by atoms with van der Waals surface area (Å²) in [4.78, 5) is 36.0. The molecule has 0 saturated heterocycles. The molecule has 0 aliphatic rings. The van der Waals surface area contributed by atoms with E-state index in [-0.39, 0.29) is 24.3 Å². The Balaban J connectivity index is 1.82. The summed E-state index contributed by atoms with van der Waals surface area (Å²) in [5, 5.41) is 5.52. The first kappa shape index (κ1) is 20.2. The molecule has 7 heteroatoms. The Bertz CT molecular complexity index is 812. The predicted molar refractivity (Wildman–Crippen MR) is 102 cm³/mol. The first-order valence-corrected chi connectivity index (χ1v) is 8.87. The van der Waals surface area contributed by atoms with Gasteiger partial charge in [-0.3, -0.25) is 9.59 Å². The minimum atomic E-state index is -0.388. The quantitative estimate of drug-likeness (QED) is 0.547. The molecule has 2 N–H and O–H groups in total. The third kappa shape index (κ3) is 5.44. The molecule has 0 aliphatic carbocycles. The topological polar surface area (TPSA) is 89.4 Å². The average molecular weight is 371 g/mol. The van der Waals surface area contributed by atoms with Gasteiger partial charge in [-0.1, -0.05) is 18.2 Å². The number of carbonyl (C=O) groups is 3. The van der Waals surface area contributed by atoms with Crippen molar-refractivity contribution in [3.63, 3.8) is 0 Å². The molecule has 27 heavy (non-hydrogen) atoms. The number of benzene rings is 1. The Kier molecular flexibility index (Phi) is 7.16. The van der Waals surface area contributed by atoms with Crippen LogP contribution in [0.1, 0.15) is 39.0 Å². The monoisotopic (exact) mass is 371 g/mol. The first-order chi connectivity index (χ1) is 12.9. The third-order valence-corrected chi connectivity index (χ3v) is 4.14. The fourth-order valence-corrected chi connectivity index (χ4v) is 2.73. The molecule has 1 aromatic carbocycles. The van der Waals surface area contributed by atoms with Crippen molar-refractivity contribution < 1.29 is 19.1 Å². The van der Waals surface area contributed by atoms with E-state index in [1.807, 2.05) is 13.0 Å². The van der Waals surface area contributed by atoms with Crippen LogP contribution in [-0.2, 0) is 16.1 Å². The zero-order chi connectivity index (χ0) is 19.8. The maximum Gasteiger partial charge on any atom is 0.339 e. The number of esters is 1. The first-order valence-electron chi connectivity index (χ1n) is 8.87. The maximum atomic E-state index is 12.2. The Morgan fingerprint density at radius 3 is 2.37 bits per heavy atom. The van der Waals surface area contributed by atoms with Gasteiger partial charge in [-0.2, -0.15) is 0 Å². The lowest BCUT2D eigenvalue weighted by molar-refractivity contribution is -0.121. The summed E-state index contributed by atoms with van der Waals surface area (Å²) < 4.78 is 6.80. The summed E-state index contributed by atoms with van der Waals surface area (Å²) in [6.45, 7) is 6.43. The van der Waals surface area contributed by atoms with E-state index in [1.165, 1.54) is 0 Å². The zero-order valence-corrected chi connectivity index (χ0v) is 15.9. The van der Waals surface area contributed by atoms with Crippen LogP contribution in [0.5, 0.6) is 0 Å². The summed E-state index contributed by atoms with van der Waals surface area (Å²) in [6, 6.07) is 10.6. The van der Waals surface area contributed by atoms with E-state index >= 15 is 0 Å². The van der Waals surface area contributed by atoms with E-state index in [1.54, 1.807) is 48.7 Å². The molecule has 1 aromatic heterocycles. The van der Waals surface area contributed by atoms with Crippen molar-refractivity contribution in [2.24, 2.45) is 0 Å². The number of rotatable bonds is 8. The summed E-state index contributed by atoms with van der Waals surface area (Å²) in [5.74, 6) is -0.761.